The third-order valence-electron chi connectivity index (χ3n) is 3.95. The predicted octanol–water partition coefficient (Wildman–Crippen LogP) is 3.74. The van der Waals surface area contributed by atoms with Crippen LogP contribution < -0.4 is 0 Å². The Labute approximate surface area is 133 Å². The number of imide groups is 1. The molecule has 1 fully saturated rings. The van der Waals surface area contributed by atoms with Crippen molar-refractivity contribution in [3.63, 3.8) is 0 Å². The average molecular weight is 299 g/mol. The third kappa shape index (κ3) is 4.55. The van der Waals surface area contributed by atoms with Gasteiger partial charge in [-0.05, 0) is 30.7 Å². The van der Waals surface area contributed by atoms with E-state index in [0.717, 1.165) is 12.8 Å². The fourth-order valence-corrected chi connectivity index (χ4v) is 2.86. The highest BCUT2D eigenvalue weighted by Crippen LogP contribution is 2.23. The summed E-state index contributed by atoms with van der Waals surface area (Å²) in [6, 6.07) is 10.1. The molecule has 1 aromatic rings. The van der Waals surface area contributed by atoms with Gasteiger partial charge < -0.3 is 0 Å². The molecular weight excluding hydrogens is 274 g/mol. The summed E-state index contributed by atoms with van der Waals surface area (Å²) in [6.07, 6.45) is 7.29. The molecule has 1 aliphatic rings. The Bertz CT molecular complexity index is 534. The first kappa shape index (κ1) is 16.5. The van der Waals surface area contributed by atoms with E-state index in [1.165, 1.54) is 10.5 Å². The van der Waals surface area contributed by atoms with Gasteiger partial charge in [0, 0.05) is 18.9 Å². The summed E-state index contributed by atoms with van der Waals surface area (Å²) in [5.74, 6) is 0.449. The molecule has 1 atom stereocenters. The van der Waals surface area contributed by atoms with Gasteiger partial charge in [0.25, 0.3) is 0 Å². The fourth-order valence-electron chi connectivity index (χ4n) is 2.86. The molecule has 22 heavy (non-hydrogen) atoms. The van der Waals surface area contributed by atoms with E-state index < -0.39 is 0 Å². The first-order valence-corrected chi connectivity index (χ1v) is 8.13. The Kier molecular flexibility index (Phi) is 5.93. The Morgan fingerprint density at radius 3 is 2.73 bits per heavy atom. The van der Waals surface area contributed by atoms with E-state index in [4.69, 9.17) is 0 Å². The topological polar surface area (TPSA) is 37.4 Å². The van der Waals surface area contributed by atoms with Crippen LogP contribution in [0.3, 0.4) is 0 Å². The zero-order valence-electron chi connectivity index (χ0n) is 13.5. The minimum Gasteiger partial charge on any atom is -0.279 e. The van der Waals surface area contributed by atoms with Gasteiger partial charge in [0.2, 0.25) is 11.8 Å². The molecule has 1 aromatic carbocycles. The maximum absolute atomic E-state index is 12.4. The smallest absolute Gasteiger partial charge is 0.229 e. The molecule has 3 nitrogen and oxygen atoms in total. The minimum absolute atomic E-state index is 0.0150. The molecule has 3 heteroatoms. The van der Waals surface area contributed by atoms with Gasteiger partial charge in [-0.15, -0.1) is 0 Å². The summed E-state index contributed by atoms with van der Waals surface area (Å²) in [5.41, 5.74) is 1.18. The molecule has 1 saturated heterocycles. The summed E-state index contributed by atoms with van der Waals surface area (Å²) in [4.78, 5) is 25.9. The predicted molar refractivity (Wildman–Crippen MR) is 88.2 cm³/mol. The van der Waals surface area contributed by atoms with Crippen molar-refractivity contribution in [1.29, 1.82) is 0 Å². The highest BCUT2D eigenvalue weighted by Gasteiger charge is 2.34. The lowest BCUT2D eigenvalue weighted by molar-refractivity contribution is -0.143. The van der Waals surface area contributed by atoms with Crippen molar-refractivity contribution < 1.29 is 9.59 Å². The maximum atomic E-state index is 12.4. The summed E-state index contributed by atoms with van der Waals surface area (Å²) < 4.78 is 0. The van der Waals surface area contributed by atoms with Crippen LogP contribution in [-0.2, 0) is 16.0 Å². The summed E-state index contributed by atoms with van der Waals surface area (Å²) in [7, 11) is 0. The second kappa shape index (κ2) is 7.92. The van der Waals surface area contributed by atoms with E-state index in [0.29, 0.717) is 25.2 Å². The van der Waals surface area contributed by atoms with Gasteiger partial charge in [0.05, 0.1) is 0 Å². The van der Waals surface area contributed by atoms with E-state index >= 15 is 0 Å². The first-order valence-electron chi connectivity index (χ1n) is 8.13. The maximum Gasteiger partial charge on any atom is 0.229 e. The molecule has 1 aliphatic heterocycles. The number of hydrogen-bond acceptors (Lipinski definition) is 2. The Balaban J connectivity index is 1.94. The summed E-state index contributed by atoms with van der Waals surface area (Å²) in [5, 5.41) is 0. The number of nitrogens with zero attached hydrogens (tertiary/aromatic N) is 1. The SMILES string of the molecule is CC(C)/C=C/CCC(=O)N1C(=O)CC[C@H]1Cc1ccccc1. The van der Waals surface area contributed by atoms with Gasteiger partial charge >= 0.3 is 0 Å². The molecule has 2 rings (SSSR count). The van der Waals surface area contributed by atoms with E-state index in [-0.39, 0.29) is 17.9 Å². The number of amides is 2. The molecular formula is C19H25NO2. The van der Waals surface area contributed by atoms with Gasteiger partial charge in [-0.2, -0.15) is 0 Å². The molecule has 0 saturated carbocycles. The standard InChI is InChI=1S/C19H25NO2/c1-15(2)8-6-7-11-18(21)20-17(12-13-19(20)22)14-16-9-4-3-5-10-16/h3-6,8-10,15,17H,7,11-14H2,1-2H3/b8-6+/t17-/m0/s1. The van der Waals surface area contributed by atoms with E-state index in [1.54, 1.807) is 0 Å². The summed E-state index contributed by atoms with van der Waals surface area (Å²) in [6.45, 7) is 4.22. The van der Waals surface area contributed by atoms with E-state index in [9.17, 15) is 9.59 Å². The monoisotopic (exact) mass is 299 g/mol. The van der Waals surface area contributed by atoms with E-state index in [2.05, 4.69) is 32.1 Å². The summed E-state index contributed by atoms with van der Waals surface area (Å²) >= 11 is 0. The van der Waals surface area contributed by atoms with Gasteiger partial charge in [-0.25, -0.2) is 0 Å². The highest BCUT2D eigenvalue weighted by molar-refractivity contribution is 5.97. The average Bonchev–Trinajstić information content (AvgIpc) is 2.85. The molecule has 2 amide bonds. The number of carbonyl (C=O) groups is 2. The molecule has 0 aliphatic carbocycles. The van der Waals surface area contributed by atoms with Crippen LogP contribution in [0.15, 0.2) is 42.5 Å². The number of allylic oxidation sites excluding steroid dienone is 2. The zero-order valence-corrected chi connectivity index (χ0v) is 13.5. The van der Waals surface area contributed by atoms with Crippen molar-refractivity contribution in [1.82, 2.24) is 4.90 Å². The van der Waals surface area contributed by atoms with Crippen LogP contribution in [0.1, 0.15) is 45.1 Å². The van der Waals surface area contributed by atoms with Crippen LogP contribution in [0, 0.1) is 5.92 Å². The van der Waals surface area contributed by atoms with Crippen LogP contribution >= 0.6 is 0 Å². The molecule has 0 unspecified atom stereocenters. The van der Waals surface area contributed by atoms with Crippen molar-refractivity contribution in [3.05, 3.63) is 48.0 Å². The second-order valence-electron chi connectivity index (χ2n) is 6.25. The lowest BCUT2D eigenvalue weighted by Crippen LogP contribution is -2.39. The lowest BCUT2D eigenvalue weighted by Gasteiger charge is -2.23. The molecule has 0 radical (unpaired) electrons. The molecule has 118 valence electrons. The Hall–Kier alpha value is -1.90. The largest absolute Gasteiger partial charge is 0.279 e. The van der Waals surface area contributed by atoms with Crippen molar-refractivity contribution in [2.75, 3.05) is 0 Å². The van der Waals surface area contributed by atoms with Crippen LogP contribution in [0.4, 0.5) is 0 Å². The normalized spacial score (nSPS) is 18.6. The number of carbonyl (C=O) groups excluding carboxylic acids is 2. The van der Waals surface area contributed by atoms with Gasteiger partial charge in [0.15, 0.2) is 0 Å². The number of benzene rings is 1. The molecule has 0 bridgehead atoms. The van der Waals surface area contributed by atoms with Gasteiger partial charge in [0.1, 0.15) is 0 Å². The highest BCUT2D eigenvalue weighted by atomic mass is 16.2. The van der Waals surface area contributed by atoms with Gasteiger partial charge in [-0.3, -0.25) is 14.5 Å². The van der Waals surface area contributed by atoms with Crippen LogP contribution in [0.25, 0.3) is 0 Å². The van der Waals surface area contributed by atoms with Crippen molar-refractivity contribution in [2.24, 2.45) is 5.92 Å². The lowest BCUT2D eigenvalue weighted by atomic mass is 10.0. The zero-order chi connectivity index (χ0) is 15.9. The number of likely N-dealkylation sites (tertiary alicyclic amines) is 1. The van der Waals surface area contributed by atoms with E-state index in [1.807, 2.05) is 24.3 Å². The Morgan fingerprint density at radius 2 is 2.05 bits per heavy atom. The van der Waals surface area contributed by atoms with Crippen molar-refractivity contribution in [3.8, 4) is 0 Å². The number of hydrogen-bond donors (Lipinski definition) is 0. The first-order chi connectivity index (χ1) is 10.6. The van der Waals surface area contributed by atoms with Crippen LogP contribution in [0.5, 0.6) is 0 Å². The van der Waals surface area contributed by atoms with Crippen LogP contribution in [0.2, 0.25) is 0 Å². The van der Waals surface area contributed by atoms with Gasteiger partial charge in [-0.1, -0.05) is 56.3 Å². The molecule has 1 heterocycles. The minimum atomic E-state index is -0.0307. The number of rotatable bonds is 6. The van der Waals surface area contributed by atoms with Crippen molar-refractivity contribution in [2.45, 2.75) is 52.0 Å². The van der Waals surface area contributed by atoms with Crippen LogP contribution in [-0.4, -0.2) is 22.8 Å². The second-order valence-corrected chi connectivity index (χ2v) is 6.25. The quantitative estimate of drug-likeness (QED) is 0.750. The molecule has 0 N–H and O–H groups in total. The Morgan fingerprint density at radius 1 is 1.32 bits per heavy atom. The third-order valence-corrected chi connectivity index (χ3v) is 3.95. The molecule has 0 spiro atoms. The fraction of sp³-hybridized carbons (Fsp3) is 0.474. The van der Waals surface area contributed by atoms with Crippen molar-refractivity contribution >= 4 is 11.8 Å². The molecule has 0 aromatic heterocycles.